The highest BCUT2D eigenvalue weighted by atomic mass is 19.1. The van der Waals surface area contributed by atoms with E-state index in [1.54, 1.807) is 6.07 Å². The summed E-state index contributed by atoms with van der Waals surface area (Å²) in [7, 11) is 0. The lowest BCUT2D eigenvalue weighted by Crippen LogP contribution is -2.34. The molecule has 1 aromatic carbocycles. The van der Waals surface area contributed by atoms with Crippen molar-refractivity contribution < 1.29 is 14.0 Å². The summed E-state index contributed by atoms with van der Waals surface area (Å²) < 4.78 is 13.4. The second-order valence-electron chi connectivity index (χ2n) is 4.31. The van der Waals surface area contributed by atoms with Crippen molar-refractivity contribution in [2.45, 2.75) is 26.3 Å². The number of hydrogen-bond acceptors (Lipinski definition) is 2. The van der Waals surface area contributed by atoms with Crippen LogP contribution in [0.1, 0.15) is 29.8 Å². The molecule has 0 aliphatic carbocycles. The molecular weight excluding hydrogens is 221 g/mol. The van der Waals surface area contributed by atoms with Crippen LogP contribution in [0.4, 0.5) is 4.39 Å². The number of carbonyl (C=O) groups excluding carboxylic acids is 2. The SMILES string of the molecule is CC(C)C(Cc1ccc(C=O)c(F)c1)NC=O. The van der Waals surface area contributed by atoms with Gasteiger partial charge in [-0.15, -0.1) is 0 Å². The lowest BCUT2D eigenvalue weighted by molar-refractivity contribution is -0.110. The summed E-state index contributed by atoms with van der Waals surface area (Å²) in [6, 6.07) is 4.46. The summed E-state index contributed by atoms with van der Waals surface area (Å²) in [5, 5.41) is 2.71. The highest BCUT2D eigenvalue weighted by Crippen LogP contribution is 2.13. The first-order valence-corrected chi connectivity index (χ1v) is 5.51. The van der Waals surface area contributed by atoms with Gasteiger partial charge in [0.1, 0.15) is 5.82 Å². The van der Waals surface area contributed by atoms with Gasteiger partial charge in [0.15, 0.2) is 6.29 Å². The maximum atomic E-state index is 13.4. The minimum absolute atomic E-state index is 0.0334. The number of hydrogen-bond donors (Lipinski definition) is 1. The van der Waals surface area contributed by atoms with E-state index in [-0.39, 0.29) is 17.5 Å². The molecule has 1 aromatic rings. The van der Waals surface area contributed by atoms with E-state index in [4.69, 9.17) is 0 Å². The molecule has 0 heterocycles. The standard InChI is InChI=1S/C13H16FNO2/c1-9(2)13(15-8-17)6-10-3-4-11(7-16)12(14)5-10/h3-5,7-9,13H,6H2,1-2H3,(H,15,17). The number of aldehydes is 1. The first-order chi connectivity index (χ1) is 8.08. The van der Waals surface area contributed by atoms with E-state index in [0.29, 0.717) is 19.1 Å². The van der Waals surface area contributed by atoms with Gasteiger partial charge in [-0.2, -0.15) is 0 Å². The topological polar surface area (TPSA) is 46.2 Å². The molecule has 0 radical (unpaired) electrons. The highest BCUT2D eigenvalue weighted by Gasteiger charge is 2.13. The predicted octanol–water partition coefficient (Wildman–Crippen LogP) is 1.95. The third-order valence-electron chi connectivity index (χ3n) is 2.73. The molecular formula is C13H16FNO2. The molecule has 0 saturated carbocycles. The van der Waals surface area contributed by atoms with E-state index in [1.807, 2.05) is 13.8 Å². The molecule has 0 aliphatic heterocycles. The first-order valence-electron chi connectivity index (χ1n) is 5.51. The predicted molar refractivity (Wildman–Crippen MR) is 63.3 cm³/mol. The van der Waals surface area contributed by atoms with Crippen LogP contribution in [-0.4, -0.2) is 18.7 Å². The maximum absolute atomic E-state index is 13.4. The zero-order valence-electron chi connectivity index (χ0n) is 9.94. The molecule has 0 aliphatic rings. The van der Waals surface area contributed by atoms with Crippen LogP contribution in [0.15, 0.2) is 18.2 Å². The molecule has 1 N–H and O–H groups in total. The van der Waals surface area contributed by atoms with Crippen molar-refractivity contribution in [2.75, 3.05) is 0 Å². The summed E-state index contributed by atoms with van der Waals surface area (Å²) in [6.07, 6.45) is 1.69. The summed E-state index contributed by atoms with van der Waals surface area (Å²) in [4.78, 5) is 20.9. The van der Waals surface area contributed by atoms with Gasteiger partial charge in [-0.3, -0.25) is 9.59 Å². The molecule has 1 amide bonds. The van der Waals surface area contributed by atoms with Crippen LogP contribution >= 0.6 is 0 Å². The lowest BCUT2D eigenvalue weighted by atomic mass is 9.96. The second-order valence-corrected chi connectivity index (χ2v) is 4.31. The van der Waals surface area contributed by atoms with Crippen LogP contribution in [0.5, 0.6) is 0 Å². The third kappa shape index (κ3) is 3.66. The fraction of sp³-hybridized carbons (Fsp3) is 0.385. The van der Waals surface area contributed by atoms with Gasteiger partial charge in [0.25, 0.3) is 0 Å². The number of benzene rings is 1. The average Bonchev–Trinajstić information content (AvgIpc) is 2.28. The Morgan fingerprint density at radius 3 is 2.53 bits per heavy atom. The minimum atomic E-state index is -0.522. The van der Waals surface area contributed by atoms with Crippen molar-refractivity contribution in [2.24, 2.45) is 5.92 Å². The van der Waals surface area contributed by atoms with Crippen molar-refractivity contribution in [3.05, 3.63) is 35.1 Å². The van der Waals surface area contributed by atoms with E-state index in [0.717, 1.165) is 5.56 Å². The van der Waals surface area contributed by atoms with Crippen LogP contribution in [-0.2, 0) is 11.2 Å². The normalized spacial score (nSPS) is 12.2. The van der Waals surface area contributed by atoms with Gasteiger partial charge in [-0.1, -0.05) is 19.9 Å². The molecule has 3 nitrogen and oxygen atoms in total. The highest BCUT2D eigenvalue weighted by molar-refractivity contribution is 5.75. The second kappa shape index (κ2) is 6.13. The minimum Gasteiger partial charge on any atom is -0.355 e. The Hall–Kier alpha value is -1.71. The van der Waals surface area contributed by atoms with Gasteiger partial charge >= 0.3 is 0 Å². The van der Waals surface area contributed by atoms with Crippen LogP contribution in [0, 0.1) is 11.7 Å². The zero-order chi connectivity index (χ0) is 12.8. The first kappa shape index (κ1) is 13.4. The lowest BCUT2D eigenvalue weighted by Gasteiger charge is -2.20. The summed E-state index contributed by atoms with van der Waals surface area (Å²) in [6.45, 7) is 3.97. The van der Waals surface area contributed by atoms with Gasteiger partial charge in [-0.25, -0.2) is 4.39 Å². The molecule has 1 rings (SSSR count). The van der Waals surface area contributed by atoms with E-state index in [2.05, 4.69) is 5.32 Å². The number of carbonyl (C=O) groups is 2. The van der Waals surface area contributed by atoms with Gasteiger partial charge in [0.05, 0.1) is 5.56 Å². The zero-order valence-corrected chi connectivity index (χ0v) is 9.94. The Morgan fingerprint density at radius 1 is 1.35 bits per heavy atom. The van der Waals surface area contributed by atoms with Crippen LogP contribution in [0.25, 0.3) is 0 Å². The molecule has 0 saturated heterocycles. The Labute approximate surface area is 100 Å². The molecule has 0 fully saturated rings. The molecule has 0 bridgehead atoms. The van der Waals surface area contributed by atoms with Gasteiger partial charge in [-0.05, 0) is 30.0 Å². The van der Waals surface area contributed by atoms with Crippen LogP contribution in [0.3, 0.4) is 0 Å². The monoisotopic (exact) mass is 237 g/mol. The molecule has 1 atom stereocenters. The van der Waals surface area contributed by atoms with E-state index in [1.165, 1.54) is 12.1 Å². The molecule has 92 valence electrons. The quantitative estimate of drug-likeness (QED) is 0.769. The van der Waals surface area contributed by atoms with E-state index >= 15 is 0 Å². The Kier molecular flexibility index (Phi) is 4.82. The summed E-state index contributed by atoms with van der Waals surface area (Å²) >= 11 is 0. The van der Waals surface area contributed by atoms with Gasteiger partial charge in [0, 0.05) is 6.04 Å². The Bertz CT molecular complexity index is 404. The van der Waals surface area contributed by atoms with Crippen molar-refractivity contribution in [3.63, 3.8) is 0 Å². The number of halogens is 1. The maximum Gasteiger partial charge on any atom is 0.207 e. The molecule has 17 heavy (non-hydrogen) atoms. The molecule has 1 unspecified atom stereocenters. The molecule has 4 heteroatoms. The Morgan fingerprint density at radius 2 is 2.06 bits per heavy atom. The summed E-state index contributed by atoms with van der Waals surface area (Å²) in [5.74, 6) is -0.264. The van der Waals surface area contributed by atoms with Crippen molar-refractivity contribution >= 4 is 12.7 Å². The third-order valence-corrected chi connectivity index (χ3v) is 2.73. The number of nitrogens with one attached hydrogen (secondary N) is 1. The van der Waals surface area contributed by atoms with E-state index < -0.39 is 5.82 Å². The Balaban J connectivity index is 2.82. The number of rotatable bonds is 6. The van der Waals surface area contributed by atoms with Crippen LogP contribution < -0.4 is 5.32 Å². The largest absolute Gasteiger partial charge is 0.355 e. The van der Waals surface area contributed by atoms with Crippen LogP contribution in [0.2, 0.25) is 0 Å². The fourth-order valence-electron chi connectivity index (χ4n) is 1.62. The number of amides is 1. The molecule has 0 aromatic heterocycles. The van der Waals surface area contributed by atoms with Crippen molar-refractivity contribution in [1.29, 1.82) is 0 Å². The summed E-state index contributed by atoms with van der Waals surface area (Å²) in [5.41, 5.74) is 0.819. The van der Waals surface area contributed by atoms with Gasteiger partial charge < -0.3 is 5.32 Å². The fourth-order valence-corrected chi connectivity index (χ4v) is 1.62. The van der Waals surface area contributed by atoms with Gasteiger partial charge in [0.2, 0.25) is 6.41 Å². The van der Waals surface area contributed by atoms with Crippen molar-refractivity contribution in [1.82, 2.24) is 5.32 Å². The van der Waals surface area contributed by atoms with E-state index in [9.17, 15) is 14.0 Å². The molecule has 0 spiro atoms. The average molecular weight is 237 g/mol. The smallest absolute Gasteiger partial charge is 0.207 e. The van der Waals surface area contributed by atoms with Crippen molar-refractivity contribution in [3.8, 4) is 0 Å².